The Labute approximate surface area is 180 Å². The summed E-state index contributed by atoms with van der Waals surface area (Å²) in [5.74, 6) is 0.729. The molecule has 0 atom stereocenters. The molecular formula is C25H23N3O3. The van der Waals surface area contributed by atoms with Gasteiger partial charge < -0.3 is 15.2 Å². The predicted octanol–water partition coefficient (Wildman–Crippen LogP) is 4.26. The Balaban J connectivity index is 1.25. The Morgan fingerprint density at radius 3 is 2.35 bits per heavy atom. The van der Waals surface area contributed by atoms with E-state index in [0.29, 0.717) is 18.7 Å². The van der Waals surface area contributed by atoms with Crippen LogP contribution in [0.15, 0.2) is 91.1 Å². The van der Waals surface area contributed by atoms with Gasteiger partial charge in [-0.1, -0.05) is 54.6 Å². The molecule has 0 fully saturated rings. The third-order valence-corrected chi connectivity index (χ3v) is 4.83. The fourth-order valence-electron chi connectivity index (χ4n) is 3.14. The molecule has 3 aromatic carbocycles. The quantitative estimate of drug-likeness (QED) is 0.452. The van der Waals surface area contributed by atoms with Crippen molar-refractivity contribution in [1.82, 2.24) is 15.1 Å². The third kappa shape index (κ3) is 5.51. The molecular weight excluding hydrogens is 390 g/mol. The van der Waals surface area contributed by atoms with E-state index in [9.17, 15) is 9.90 Å². The van der Waals surface area contributed by atoms with E-state index in [1.807, 2.05) is 54.6 Å². The van der Waals surface area contributed by atoms with E-state index >= 15 is 0 Å². The van der Waals surface area contributed by atoms with Crippen LogP contribution < -0.4 is 10.1 Å². The van der Waals surface area contributed by atoms with Gasteiger partial charge in [0, 0.05) is 12.7 Å². The minimum atomic E-state index is -0.232. The number of carbonyl (C=O) groups excluding carboxylic acids is 1. The predicted molar refractivity (Wildman–Crippen MR) is 119 cm³/mol. The van der Waals surface area contributed by atoms with Crippen molar-refractivity contribution >= 4 is 5.91 Å². The number of benzene rings is 3. The maximum absolute atomic E-state index is 12.3. The Bertz CT molecular complexity index is 1120. The minimum Gasteiger partial charge on any atom is -0.508 e. The molecule has 0 saturated carbocycles. The highest BCUT2D eigenvalue weighted by atomic mass is 16.5. The van der Waals surface area contributed by atoms with E-state index in [-0.39, 0.29) is 18.4 Å². The summed E-state index contributed by atoms with van der Waals surface area (Å²) in [6.45, 7) is 0.701. The molecule has 1 heterocycles. The van der Waals surface area contributed by atoms with Crippen LogP contribution in [0.1, 0.15) is 16.1 Å². The van der Waals surface area contributed by atoms with Crippen molar-refractivity contribution in [2.75, 3.05) is 6.54 Å². The number of phenolic OH excluding ortho intramolecular Hbond substituents is 1. The number of amides is 1. The largest absolute Gasteiger partial charge is 0.508 e. The van der Waals surface area contributed by atoms with Crippen molar-refractivity contribution in [1.29, 1.82) is 0 Å². The number of aromatic hydroxyl groups is 1. The standard InChI is InChI=1S/C25H23N3O3/c29-22-10-6-19(7-11-22)14-16-26-25(30)24-15-17-28(27-24)18-31-23-12-8-21(9-13-23)20-4-2-1-3-5-20/h1-13,15,17,29H,14,16,18H2,(H,26,30). The van der Waals surface area contributed by atoms with E-state index in [1.165, 1.54) is 0 Å². The fraction of sp³-hybridized carbons (Fsp3) is 0.120. The number of nitrogens with one attached hydrogen (secondary N) is 1. The Morgan fingerprint density at radius 1 is 0.903 bits per heavy atom. The molecule has 0 radical (unpaired) electrons. The molecule has 1 aromatic heterocycles. The second-order valence-electron chi connectivity index (χ2n) is 7.08. The zero-order chi connectivity index (χ0) is 21.5. The molecule has 156 valence electrons. The van der Waals surface area contributed by atoms with Gasteiger partial charge in [0.2, 0.25) is 0 Å². The van der Waals surface area contributed by atoms with Crippen LogP contribution >= 0.6 is 0 Å². The van der Waals surface area contributed by atoms with E-state index in [0.717, 1.165) is 22.4 Å². The SMILES string of the molecule is O=C(NCCc1ccc(O)cc1)c1ccn(COc2ccc(-c3ccccc3)cc2)n1. The minimum absolute atomic E-state index is 0.214. The summed E-state index contributed by atoms with van der Waals surface area (Å²) in [5.41, 5.74) is 3.66. The summed E-state index contributed by atoms with van der Waals surface area (Å²) in [5, 5.41) is 16.4. The van der Waals surface area contributed by atoms with Crippen LogP contribution in [0.5, 0.6) is 11.5 Å². The van der Waals surface area contributed by atoms with Gasteiger partial charge in [-0.15, -0.1) is 0 Å². The van der Waals surface area contributed by atoms with Crippen molar-refractivity contribution < 1.29 is 14.6 Å². The molecule has 0 aliphatic heterocycles. The van der Waals surface area contributed by atoms with E-state index < -0.39 is 0 Å². The summed E-state index contributed by atoms with van der Waals surface area (Å²) in [6.07, 6.45) is 2.39. The average Bonchev–Trinajstić information content (AvgIpc) is 3.29. The highest BCUT2D eigenvalue weighted by molar-refractivity contribution is 5.92. The molecule has 0 unspecified atom stereocenters. The van der Waals surface area contributed by atoms with E-state index in [2.05, 4.69) is 22.5 Å². The van der Waals surface area contributed by atoms with Crippen molar-refractivity contribution in [3.63, 3.8) is 0 Å². The number of carbonyl (C=O) groups is 1. The van der Waals surface area contributed by atoms with Gasteiger partial charge in [-0.2, -0.15) is 5.10 Å². The summed E-state index contributed by atoms with van der Waals surface area (Å²) in [6, 6.07) is 26.6. The van der Waals surface area contributed by atoms with Crippen molar-refractivity contribution in [2.45, 2.75) is 13.2 Å². The molecule has 6 heteroatoms. The van der Waals surface area contributed by atoms with Gasteiger partial charge in [0.1, 0.15) is 17.2 Å². The lowest BCUT2D eigenvalue weighted by Gasteiger charge is -2.08. The van der Waals surface area contributed by atoms with Crippen LogP contribution in [-0.2, 0) is 13.2 Å². The van der Waals surface area contributed by atoms with Gasteiger partial charge in [-0.3, -0.25) is 4.79 Å². The molecule has 0 aliphatic carbocycles. The Kier molecular flexibility index (Phi) is 6.28. The van der Waals surface area contributed by atoms with E-state index in [1.54, 1.807) is 29.1 Å². The second-order valence-corrected chi connectivity index (χ2v) is 7.08. The molecule has 4 rings (SSSR count). The Morgan fingerprint density at radius 2 is 1.61 bits per heavy atom. The van der Waals surface area contributed by atoms with Crippen LogP contribution in [0.4, 0.5) is 0 Å². The van der Waals surface area contributed by atoms with Gasteiger partial charge in [0.15, 0.2) is 6.73 Å². The summed E-state index contributed by atoms with van der Waals surface area (Å²) < 4.78 is 7.36. The zero-order valence-electron chi connectivity index (χ0n) is 16.9. The maximum atomic E-state index is 12.3. The van der Waals surface area contributed by atoms with Gasteiger partial charge in [0.05, 0.1) is 0 Å². The first kappa shape index (κ1) is 20.2. The molecule has 0 aliphatic rings. The lowest BCUT2D eigenvalue weighted by Crippen LogP contribution is -2.26. The number of rotatable bonds is 8. The van der Waals surface area contributed by atoms with Gasteiger partial charge in [-0.25, -0.2) is 4.68 Å². The van der Waals surface area contributed by atoms with Crippen LogP contribution in [0.2, 0.25) is 0 Å². The molecule has 6 nitrogen and oxygen atoms in total. The first-order chi connectivity index (χ1) is 15.2. The van der Waals surface area contributed by atoms with Crippen LogP contribution in [0.3, 0.4) is 0 Å². The van der Waals surface area contributed by atoms with E-state index in [4.69, 9.17) is 4.74 Å². The van der Waals surface area contributed by atoms with Crippen molar-refractivity contribution in [2.24, 2.45) is 0 Å². The number of hydrogen-bond donors (Lipinski definition) is 2. The first-order valence-electron chi connectivity index (χ1n) is 10.1. The number of ether oxygens (including phenoxy) is 1. The average molecular weight is 413 g/mol. The molecule has 0 bridgehead atoms. The summed E-state index contributed by atoms with van der Waals surface area (Å²) >= 11 is 0. The highest BCUT2D eigenvalue weighted by Crippen LogP contribution is 2.22. The topological polar surface area (TPSA) is 76.4 Å². The Hall–Kier alpha value is -4.06. The molecule has 4 aromatic rings. The molecule has 2 N–H and O–H groups in total. The van der Waals surface area contributed by atoms with Gasteiger partial charge >= 0.3 is 0 Å². The summed E-state index contributed by atoms with van der Waals surface area (Å²) in [4.78, 5) is 12.3. The molecule has 0 spiro atoms. The smallest absolute Gasteiger partial charge is 0.271 e. The van der Waals surface area contributed by atoms with Gasteiger partial charge in [0.25, 0.3) is 5.91 Å². The van der Waals surface area contributed by atoms with Crippen molar-refractivity contribution in [3.8, 4) is 22.6 Å². The molecule has 31 heavy (non-hydrogen) atoms. The van der Waals surface area contributed by atoms with Crippen molar-refractivity contribution in [3.05, 3.63) is 102 Å². The van der Waals surface area contributed by atoms with Crippen LogP contribution in [0.25, 0.3) is 11.1 Å². The van der Waals surface area contributed by atoms with Crippen LogP contribution in [-0.4, -0.2) is 27.3 Å². The highest BCUT2D eigenvalue weighted by Gasteiger charge is 2.09. The zero-order valence-corrected chi connectivity index (χ0v) is 16.9. The lowest BCUT2D eigenvalue weighted by atomic mass is 10.1. The lowest BCUT2D eigenvalue weighted by molar-refractivity contribution is 0.0947. The molecule has 0 saturated heterocycles. The normalized spacial score (nSPS) is 10.6. The second kappa shape index (κ2) is 9.63. The number of aromatic nitrogens is 2. The first-order valence-corrected chi connectivity index (χ1v) is 10.1. The number of phenols is 1. The third-order valence-electron chi connectivity index (χ3n) is 4.83. The number of hydrogen-bond acceptors (Lipinski definition) is 4. The molecule has 1 amide bonds. The summed E-state index contributed by atoms with van der Waals surface area (Å²) in [7, 11) is 0. The maximum Gasteiger partial charge on any atom is 0.271 e. The fourth-order valence-corrected chi connectivity index (χ4v) is 3.14. The van der Waals surface area contributed by atoms with Crippen LogP contribution in [0, 0.1) is 0 Å². The van der Waals surface area contributed by atoms with Gasteiger partial charge in [-0.05, 0) is 53.4 Å². The monoisotopic (exact) mass is 413 g/mol. The number of nitrogens with zero attached hydrogens (tertiary/aromatic N) is 2.